The first-order valence-corrected chi connectivity index (χ1v) is 20.7. The predicted octanol–water partition coefficient (Wildman–Crippen LogP) is 5.71. The predicted molar refractivity (Wildman–Crippen MR) is 220 cm³/mol. The number of hydrogen-bond donors (Lipinski definition) is 6. The largest absolute Gasteiger partial charge is 0.445 e. The lowest BCUT2D eigenvalue weighted by Crippen LogP contribution is -2.58. The lowest BCUT2D eigenvalue weighted by molar-refractivity contribution is -0.161. The Bertz CT molecular complexity index is 1620. The van der Waals surface area contributed by atoms with E-state index in [-0.39, 0.29) is 81.4 Å². The maximum Gasteiger partial charge on any atom is 0.407 e. The first kappa shape index (κ1) is 51.4. The molecule has 1 heterocycles. The number of halogens is 3. The number of amides is 7. The molecule has 0 radical (unpaired) electrons. The number of ketones is 1. The van der Waals surface area contributed by atoms with E-state index in [0.717, 1.165) is 0 Å². The van der Waals surface area contributed by atoms with Crippen LogP contribution in [0.5, 0.6) is 0 Å². The van der Waals surface area contributed by atoms with Crippen molar-refractivity contribution in [2.24, 2.45) is 28.4 Å². The molecule has 0 aliphatic carbocycles. The second-order valence-electron chi connectivity index (χ2n) is 17.8. The van der Waals surface area contributed by atoms with E-state index in [1.807, 2.05) is 41.5 Å². The van der Waals surface area contributed by atoms with Crippen molar-refractivity contribution in [1.82, 2.24) is 26.2 Å². The van der Waals surface area contributed by atoms with Crippen LogP contribution < -0.4 is 32.3 Å². The number of likely N-dealkylation sites (tertiary alicyclic amines) is 1. The number of urea groups is 1. The second-order valence-corrected chi connectivity index (χ2v) is 17.8. The van der Waals surface area contributed by atoms with Gasteiger partial charge >= 0.3 is 18.3 Å². The van der Waals surface area contributed by atoms with E-state index in [2.05, 4.69) is 26.6 Å². The maximum atomic E-state index is 14.3. The number of nitrogens with zero attached hydrogens (tertiary/aromatic N) is 1. The smallest absolute Gasteiger partial charge is 0.407 e. The highest BCUT2D eigenvalue weighted by Gasteiger charge is 2.45. The van der Waals surface area contributed by atoms with Crippen molar-refractivity contribution in [3.63, 3.8) is 0 Å². The first-order chi connectivity index (χ1) is 27.8. The molecule has 2 rings (SSSR count). The molecule has 1 saturated heterocycles. The fraction of sp³-hybridized carbons (Fsp3) is 0.690. The number of nitrogens with two attached hydrogens (primary N) is 1. The molecule has 0 spiro atoms. The van der Waals surface area contributed by atoms with Gasteiger partial charge in [0.05, 0.1) is 12.0 Å². The molecule has 1 aliphatic rings. The highest BCUT2D eigenvalue weighted by atomic mass is 19.4. The summed E-state index contributed by atoms with van der Waals surface area (Å²) in [5.41, 5.74) is 5.24. The van der Waals surface area contributed by atoms with Crippen LogP contribution in [0.25, 0.3) is 0 Å². The number of ether oxygens (including phenoxy) is 1. The summed E-state index contributed by atoms with van der Waals surface area (Å²) >= 11 is 0. The van der Waals surface area contributed by atoms with Crippen LogP contribution in [-0.2, 0) is 35.3 Å². The van der Waals surface area contributed by atoms with Crippen LogP contribution in [0.3, 0.4) is 0 Å². The monoisotopic (exact) mass is 853 g/mol. The highest BCUT2D eigenvalue weighted by Crippen LogP contribution is 2.35. The minimum atomic E-state index is -4.71. The molecule has 1 aliphatic heterocycles. The molecule has 338 valence electrons. The third-order valence-electron chi connectivity index (χ3n) is 10.3. The van der Waals surface area contributed by atoms with Crippen molar-refractivity contribution < 1.29 is 51.5 Å². The number of anilines is 1. The summed E-state index contributed by atoms with van der Waals surface area (Å²) in [7, 11) is 0. The van der Waals surface area contributed by atoms with E-state index < -0.39 is 65.5 Å². The molecular weight excluding hydrogens is 787 g/mol. The number of carbonyl (C=O) groups excluding carboxylic acids is 7. The Morgan fingerprint density at radius 3 is 2.03 bits per heavy atom. The average Bonchev–Trinajstić information content (AvgIpc) is 3.43. The fourth-order valence-corrected chi connectivity index (χ4v) is 6.49. The molecule has 1 aromatic rings. The van der Waals surface area contributed by atoms with Gasteiger partial charge in [-0.2, -0.15) is 13.2 Å². The maximum absolute atomic E-state index is 14.3. The molecule has 60 heavy (non-hydrogen) atoms. The molecule has 0 aromatic heterocycles. The van der Waals surface area contributed by atoms with Crippen molar-refractivity contribution >= 4 is 47.2 Å². The van der Waals surface area contributed by atoms with Crippen LogP contribution in [0.1, 0.15) is 119 Å². The summed E-state index contributed by atoms with van der Waals surface area (Å²) in [5, 5.41) is 12.8. The van der Waals surface area contributed by atoms with Gasteiger partial charge in [-0.1, -0.05) is 80.4 Å². The van der Waals surface area contributed by atoms with Crippen LogP contribution >= 0.6 is 0 Å². The summed E-state index contributed by atoms with van der Waals surface area (Å²) < 4.78 is 48.2. The van der Waals surface area contributed by atoms with Crippen molar-refractivity contribution in [3.05, 3.63) is 29.8 Å². The standard InChI is InChI=1S/C42H66F3N7O8/c1-26(2)34(51-31(42(43,44)45)15-10-9-11-23-52-33(54)24-29(37(52)57)40(3,4)5)36(56)50-30(14-12-21-47-38(46)58)35(55)49-28-19-17-27(18-20-28)25-60-39(59)48-22-13-16-32(53)41(6,7)8/h17-20,26,29-31,34,51H,9-16,21-25H2,1-8H3,(H,48,59)(H,49,55)(H,50,56)(H3,46,47,58). The Kier molecular flexibility index (Phi) is 20.0. The number of primary amides is 1. The fourth-order valence-electron chi connectivity index (χ4n) is 6.49. The minimum Gasteiger partial charge on any atom is -0.445 e. The van der Waals surface area contributed by atoms with Gasteiger partial charge < -0.3 is 31.7 Å². The molecule has 18 heteroatoms. The number of rotatable bonds is 23. The van der Waals surface area contributed by atoms with Gasteiger partial charge in [-0.15, -0.1) is 0 Å². The molecule has 7 amide bonds. The number of Topliss-reactive ketones (excluding diaryl/α,β-unsaturated/α-hetero) is 1. The lowest BCUT2D eigenvalue weighted by atomic mass is 9.80. The Balaban J connectivity index is 2.01. The van der Waals surface area contributed by atoms with Gasteiger partial charge in [0.15, 0.2) is 0 Å². The van der Waals surface area contributed by atoms with E-state index in [4.69, 9.17) is 10.5 Å². The Morgan fingerprint density at radius 2 is 1.48 bits per heavy atom. The van der Waals surface area contributed by atoms with Crippen molar-refractivity contribution in [1.29, 1.82) is 0 Å². The van der Waals surface area contributed by atoms with Gasteiger partial charge in [-0.05, 0) is 61.1 Å². The second kappa shape index (κ2) is 23.3. The van der Waals surface area contributed by atoms with Crippen molar-refractivity contribution in [2.45, 2.75) is 144 Å². The van der Waals surface area contributed by atoms with E-state index in [1.54, 1.807) is 38.1 Å². The van der Waals surface area contributed by atoms with Gasteiger partial charge in [0.2, 0.25) is 23.6 Å². The molecular formula is C42H66F3N7O8. The molecule has 0 saturated carbocycles. The average molecular weight is 854 g/mol. The normalized spacial score (nSPS) is 16.3. The van der Waals surface area contributed by atoms with Crippen molar-refractivity contribution in [3.8, 4) is 0 Å². The Morgan fingerprint density at radius 1 is 0.850 bits per heavy atom. The Labute approximate surface area is 351 Å². The molecule has 1 fully saturated rings. The van der Waals surface area contributed by atoms with Gasteiger partial charge in [-0.3, -0.25) is 34.2 Å². The topological polar surface area (TPSA) is 218 Å². The highest BCUT2D eigenvalue weighted by molar-refractivity contribution is 6.04. The third-order valence-corrected chi connectivity index (χ3v) is 10.3. The number of alkyl halides is 3. The number of alkyl carbamates (subject to hydrolysis) is 1. The quantitative estimate of drug-likeness (QED) is 0.0587. The molecule has 4 unspecified atom stereocenters. The number of carbonyl (C=O) groups is 7. The molecule has 15 nitrogen and oxygen atoms in total. The third kappa shape index (κ3) is 17.9. The van der Waals surface area contributed by atoms with Crippen LogP contribution in [0.15, 0.2) is 24.3 Å². The number of imide groups is 1. The van der Waals surface area contributed by atoms with Crippen LogP contribution in [0.2, 0.25) is 0 Å². The van der Waals surface area contributed by atoms with E-state index in [9.17, 15) is 46.7 Å². The van der Waals surface area contributed by atoms with E-state index in [1.165, 1.54) is 4.90 Å². The Hall–Kier alpha value is -4.74. The number of unbranched alkanes of at least 4 members (excludes halogenated alkanes) is 2. The van der Waals surface area contributed by atoms with Crippen LogP contribution in [-0.4, -0.2) is 90.4 Å². The van der Waals surface area contributed by atoms with Gasteiger partial charge in [0, 0.05) is 43.6 Å². The zero-order valence-corrected chi connectivity index (χ0v) is 36.3. The molecule has 7 N–H and O–H groups in total. The summed E-state index contributed by atoms with van der Waals surface area (Å²) in [5.74, 6) is -2.98. The summed E-state index contributed by atoms with van der Waals surface area (Å²) in [6, 6.07) is 0.930. The van der Waals surface area contributed by atoms with Gasteiger partial charge in [0.25, 0.3) is 0 Å². The van der Waals surface area contributed by atoms with Crippen LogP contribution in [0, 0.1) is 22.7 Å². The lowest BCUT2D eigenvalue weighted by Gasteiger charge is -2.30. The summed E-state index contributed by atoms with van der Waals surface area (Å²) in [6.45, 7) is 14.7. The molecule has 4 atom stereocenters. The molecule has 0 bridgehead atoms. The van der Waals surface area contributed by atoms with E-state index in [0.29, 0.717) is 36.9 Å². The molecule has 1 aromatic carbocycles. The van der Waals surface area contributed by atoms with Gasteiger partial charge in [-0.25, -0.2) is 9.59 Å². The zero-order chi connectivity index (χ0) is 45.4. The number of hydrogen-bond acceptors (Lipinski definition) is 9. The SMILES string of the molecule is CC(C)C(NC(CCCCCN1C(=O)CC(C(C)(C)C)C1=O)C(F)(F)F)C(=O)NC(CCCNC(N)=O)C(=O)Nc1ccc(COC(=O)NCCCC(=O)C(C)(C)C)cc1. The summed E-state index contributed by atoms with van der Waals surface area (Å²) in [6.07, 6.45) is -3.84. The van der Waals surface area contributed by atoms with Crippen molar-refractivity contribution in [2.75, 3.05) is 25.0 Å². The van der Waals surface area contributed by atoms with Crippen LogP contribution in [0.4, 0.5) is 28.4 Å². The number of benzene rings is 1. The summed E-state index contributed by atoms with van der Waals surface area (Å²) in [4.78, 5) is 88.9. The zero-order valence-electron chi connectivity index (χ0n) is 36.3. The number of nitrogens with one attached hydrogen (secondary N) is 5. The minimum absolute atomic E-state index is 0.00922. The first-order valence-electron chi connectivity index (χ1n) is 20.7. The van der Waals surface area contributed by atoms with E-state index >= 15 is 0 Å². The van der Waals surface area contributed by atoms with Gasteiger partial charge in [0.1, 0.15) is 24.5 Å².